The van der Waals surface area contributed by atoms with Gasteiger partial charge in [-0.25, -0.2) is 4.79 Å². The standard InChI is InChI=1S/C34H52N4O7Si/c1-6-27(4)45-46(7-2,8-3)44-26-30-23-38(33(40)18-19-35-34(41)43-25-29-12-10-9-11-13-29)21-20-37(30)24-32(39)36-22-28-14-16-31(42-5)17-15-28/h9-17,27,30H,6-8,18-26H2,1-5H3,(H,35,41)(H,36,39). The number of rotatable bonds is 18. The molecule has 2 unspecified atom stereocenters. The normalized spacial score (nSPS) is 16.0. The number of piperazine rings is 1. The van der Waals surface area contributed by atoms with Crippen molar-refractivity contribution in [2.45, 2.75) is 77.9 Å². The maximum absolute atomic E-state index is 13.2. The summed E-state index contributed by atoms with van der Waals surface area (Å²) in [4.78, 5) is 42.3. The molecule has 1 saturated heterocycles. The third kappa shape index (κ3) is 12.0. The van der Waals surface area contributed by atoms with Gasteiger partial charge in [-0.1, -0.05) is 63.2 Å². The fourth-order valence-electron chi connectivity index (χ4n) is 5.23. The quantitative estimate of drug-likeness (QED) is 0.226. The summed E-state index contributed by atoms with van der Waals surface area (Å²) < 4.78 is 23.6. The summed E-state index contributed by atoms with van der Waals surface area (Å²) in [6.07, 6.45) is 0.590. The zero-order valence-corrected chi connectivity index (χ0v) is 29.1. The van der Waals surface area contributed by atoms with Crippen LogP contribution in [0.4, 0.5) is 4.79 Å². The van der Waals surface area contributed by atoms with Gasteiger partial charge in [-0.15, -0.1) is 0 Å². The zero-order chi connectivity index (χ0) is 33.4. The van der Waals surface area contributed by atoms with Crippen LogP contribution < -0.4 is 15.4 Å². The highest BCUT2D eigenvalue weighted by atomic mass is 28.4. The first-order valence-corrected chi connectivity index (χ1v) is 18.6. The minimum Gasteiger partial charge on any atom is -0.497 e. The molecular weight excluding hydrogens is 604 g/mol. The number of amides is 3. The van der Waals surface area contributed by atoms with Gasteiger partial charge in [0.1, 0.15) is 12.4 Å². The van der Waals surface area contributed by atoms with E-state index in [-0.39, 0.29) is 50.1 Å². The highest BCUT2D eigenvalue weighted by Crippen LogP contribution is 2.23. The van der Waals surface area contributed by atoms with Crippen molar-refractivity contribution < 1.29 is 32.7 Å². The first kappa shape index (κ1) is 37.0. The third-order valence-corrected chi connectivity index (χ3v) is 12.1. The Bertz CT molecular complexity index is 1210. The van der Waals surface area contributed by atoms with E-state index in [1.54, 1.807) is 12.0 Å². The Morgan fingerprint density at radius 2 is 1.67 bits per heavy atom. The fraction of sp³-hybridized carbons (Fsp3) is 0.559. The van der Waals surface area contributed by atoms with E-state index in [1.165, 1.54) is 0 Å². The van der Waals surface area contributed by atoms with Crippen molar-refractivity contribution in [2.75, 3.05) is 46.4 Å². The van der Waals surface area contributed by atoms with E-state index in [4.69, 9.17) is 18.3 Å². The van der Waals surface area contributed by atoms with Crippen molar-refractivity contribution >= 4 is 26.5 Å². The Morgan fingerprint density at radius 3 is 2.33 bits per heavy atom. The Hall–Kier alpha value is -3.45. The summed E-state index contributed by atoms with van der Waals surface area (Å²) >= 11 is 0. The van der Waals surface area contributed by atoms with Crippen molar-refractivity contribution in [1.29, 1.82) is 0 Å². The number of hydrogen-bond donors (Lipinski definition) is 2. The van der Waals surface area contributed by atoms with Crippen LogP contribution in [0.15, 0.2) is 54.6 Å². The lowest BCUT2D eigenvalue weighted by atomic mass is 10.1. The summed E-state index contributed by atoms with van der Waals surface area (Å²) in [5.74, 6) is 0.603. The molecule has 2 atom stereocenters. The van der Waals surface area contributed by atoms with E-state index >= 15 is 0 Å². The van der Waals surface area contributed by atoms with Crippen LogP contribution in [0, 0.1) is 0 Å². The maximum atomic E-state index is 13.2. The second kappa shape index (κ2) is 19.3. The molecule has 2 aromatic carbocycles. The smallest absolute Gasteiger partial charge is 0.407 e. The van der Waals surface area contributed by atoms with E-state index in [0.29, 0.717) is 32.8 Å². The molecule has 3 amide bonds. The van der Waals surface area contributed by atoms with Gasteiger partial charge in [-0.05, 0) is 48.7 Å². The zero-order valence-electron chi connectivity index (χ0n) is 28.1. The van der Waals surface area contributed by atoms with Crippen LogP contribution >= 0.6 is 0 Å². The Kier molecular flexibility index (Phi) is 15.5. The lowest BCUT2D eigenvalue weighted by molar-refractivity contribution is -0.135. The van der Waals surface area contributed by atoms with Crippen molar-refractivity contribution in [3.05, 3.63) is 65.7 Å². The predicted octanol–water partition coefficient (Wildman–Crippen LogP) is 4.45. The van der Waals surface area contributed by atoms with Gasteiger partial charge < -0.3 is 33.9 Å². The number of ether oxygens (including phenoxy) is 2. The number of nitrogens with zero attached hydrogens (tertiary/aromatic N) is 2. The molecule has 0 radical (unpaired) electrons. The molecule has 2 N–H and O–H groups in total. The molecule has 254 valence electrons. The van der Waals surface area contributed by atoms with E-state index < -0.39 is 14.7 Å². The molecule has 11 nitrogen and oxygen atoms in total. The Morgan fingerprint density at radius 1 is 0.957 bits per heavy atom. The van der Waals surface area contributed by atoms with Gasteiger partial charge >= 0.3 is 14.7 Å². The largest absolute Gasteiger partial charge is 0.497 e. The van der Waals surface area contributed by atoms with Gasteiger partial charge in [-0.3, -0.25) is 14.5 Å². The molecule has 0 bridgehead atoms. The average Bonchev–Trinajstić information content (AvgIpc) is 3.09. The molecule has 12 heteroatoms. The van der Waals surface area contributed by atoms with E-state index in [9.17, 15) is 14.4 Å². The van der Waals surface area contributed by atoms with Crippen LogP contribution in [0.1, 0.15) is 51.7 Å². The summed E-state index contributed by atoms with van der Waals surface area (Å²) in [5, 5.41) is 5.69. The number of nitrogens with one attached hydrogen (secondary N) is 2. The number of hydrogen-bond acceptors (Lipinski definition) is 8. The molecule has 0 spiro atoms. The number of methoxy groups -OCH3 is 1. The second-order valence-electron chi connectivity index (χ2n) is 11.6. The number of carbonyl (C=O) groups is 3. The first-order valence-electron chi connectivity index (χ1n) is 16.4. The fourth-order valence-corrected chi connectivity index (χ4v) is 7.93. The molecule has 1 aliphatic heterocycles. The molecule has 2 aromatic rings. The molecule has 0 saturated carbocycles. The van der Waals surface area contributed by atoms with Gasteiger partial charge in [-0.2, -0.15) is 0 Å². The summed E-state index contributed by atoms with van der Waals surface area (Å²) in [7, 11) is -0.845. The van der Waals surface area contributed by atoms with Crippen LogP contribution in [0.3, 0.4) is 0 Å². The monoisotopic (exact) mass is 656 g/mol. The molecule has 3 rings (SSSR count). The lowest BCUT2D eigenvalue weighted by Crippen LogP contribution is -2.59. The van der Waals surface area contributed by atoms with Gasteiger partial charge in [0.05, 0.1) is 26.3 Å². The molecule has 1 heterocycles. The molecule has 0 aromatic heterocycles. The van der Waals surface area contributed by atoms with Gasteiger partial charge in [0.15, 0.2) is 0 Å². The van der Waals surface area contributed by atoms with Crippen LogP contribution in [-0.4, -0.2) is 94.9 Å². The van der Waals surface area contributed by atoms with Crippen molar-refractivity contribution in [2.24, 2.45) is 0 Å². The number of alkyl carbamates (subject to hydrolysis) is 1. The maximum Gasteiger partial charge on any atom is 0.407 e. The van der Waals surface area contributed by atoms with Crippen LogP contribution in [0.5, 0.6) is 5.75 Å². The van der Waals surface area contributed by atoms with Gasteiger partial charge in [0, 0.05) is 45.2 Å². The van der Waals surface area contributed by atoms with E-state index in [2.05, 4.69) is 43.2 Å². The number of carbonyl (C=O) groups excluding carboxylic acids is 3. The molecule has 1 fully saturated rings. The summed E-state index contributed by atoms with van der Waals surface area (Å²) in [5.41, 5.74) is 1.87. The number of benzene rings is 2. The summed E-state index contributed by atoms with van der Waals surface area (Å²) in [6.45, 7) is 11.1. The Labute approximate surface area is 275 Å². The minimum atomic E-state index is -2.47. The van der Waals surface area contributed by atoms with Crippen molar-refractivity contribution in [1.82, 2.24) is 20.4 Å². The minimum absolute atomic E-state index is 0.0673. The SMILES string of the molecule is CCC(C)O[Si](CC)(CC)OCC1CN(C(=O)CCNC(=O)OCc2ccccc2)CCN1CC(=O)NCc1ccc(OC)cc1. The topological polar surface area (TPSA) is 119 Å². The first-order chi connectivity index (χ1) is 22.2. The molecule has 1 aliphatic rings. The molecular formula is C34H52N4O7Si. The van der Waals surface area contributed by atoms with Gasteiger partial charge in [0.2, 0.25) is 11.8 Å². The predicted molar refractivity (Wildman–Crippen MR) is 180 cm³/mol. The average molecular weight is 657 g/mol. The third-order valence-electron chi connectivity index (χ3n) is 8.38. The van der Waals surface area contributed by atoms with Crippen molar-refractivity contribution in [3.63, 3.8) is 0 Å². The Balaban J connectivity index is 1.57. The lowest BCUT2D eigenvalue weighted by Gasteiger charge is -2.42. The second-order valence-corrected chi connectivity index (χ2v) is 15.4. The summed E-state index contributed by atoms with van der Waals surface area (Å²) in [6, 6.07) is 18.5. The van der Waals surface area contributed by atoms with Crippen LogP contribution in [-0.2, 0) is 36.3 Å². The highest BCUT2D eigenvalue weighted by Gasteiger charge is 2.38. The molecule has 0 aliphatic carbocycles. The van der Waals surface area contributed by atoms with E-state index in [1.807, 2.05) is 54.6 Å². The van der Waals surface area contributed by atoms with Crippen molar-refractivity contribution in [3.8, 4) is 5.75 Å². The van der Waals surface area contributed by atoms with Crippen LogP contribution in [0.25, 0.3) is 0 Å². The van der Waals surface area contributed by atoms with Crippen LogP contribution in [0.2, 0.25) is 12.1 Å². The molecule has 46 heavy (non-hydrogen) atoms. The van der Waals surface area contributed by atoms with E-state index in [0.717, 1.165) is 35.4 Å². The highest BCUT2D eigenvalue weighted by molar-refractivity contribution is 6.67. The van der Waals surface area contributed by atoms with Gasteiger partial charge in [0.25, 0.3) is 0 Å².